The van der Waals surface area contributed by atoms with Crippen molar-refractivity contribution in [3.63, 3.8) is 0 Å². The van der Waals surface area contributed by atoms with Gasteiger partial charge in [-0.3, -0.25) is 4.79 Å². The maximum atomic E-state index is 13.2. The summed E-state index contributed by atoms with van der Waals surface area (Å²) in [5.74, 6) is 0.655. The average molecular weight is 562 g/mol. The van der Waals surface area contributed by atoms with Gasteiger partial charge in [-0.25, -0.2) is 15.1 Å². The third-order valence-corrected chi connectivity index (χ3v) is 6.07. The summed E-state index contributed by atoms with van der Waals surface area (Å²) < 4.78 is 89.0. The lowest BCUT2D eigenvalue weighted by molar-refractivity contribution is -0.139. The number of nitrogens with zero attached hydrogens (tertiary/aromatic N) is 6. The van der Waals surface area contributed by atoms with E-state index >= 15 is 0 Å². The van der Waals surface area contributed by atoms with Crippen molar-refractivity contribution in [2.24, 2.45) is 0 Å². The van der Waals surface area contributed by atoms with Crippen molar-refractivity contribution in [1.29, 1.82) is 0 Å². The first kappa shape index (κ1) is 28.3. The smallest absolute Gasteiger partial charge is 0.422 e. The van der Waals surface area contributed by atoms with Crippen molar-refractivity contribution in [2.45, 2.75) is 63.7 Å². The second-order valence-electron chi connectivity index (χ2n) is 9.11. The largest absolute Gasteiger partial charge is 0.423 e. The first-order valence-electron chi connectivity index (χ1n) is 11.8. The van der Waals surface area contributed by atoms with Crippen molar-refractivity contribution >= 4 is 11.6 Å². The Morgan fingerprint density at radius 3 is 2.51 bits per heavy atom. The molecule has 4 heterocycles. The lowest BCUT2D eigenvalue weighted by Gasteiger charge is -2.36. The van der Waals surface area contributed by atoms with E-state index in [0.29, 0.717) is 25.3 Å². The molecule has 1 aliphatic rings. The number of aromatic nitrogens is 6. The second-order valence-corrected chi connectivity index (χ2v) is 9.11. The van der Waals surface area contributed by atoms with Crippen LogP contribution in [0, 0.1) is 0 Å². The summed E-state index contributed by atoms with van der Waals surface area (Å²) in [4.78, 5) is 21.1. The molecule has 3 atom stereocenters. The minimum Gasteiger partial charge on any atom is -0.422 e. The molecule has 17 heteroatoms. The van der Waals surface area contributed by atoms with Gasteiger partial charge in [0.1, 0.15) is 12.2 Å². The molecule has 1 aliphatic heterocycles. The molecule has 2 N–H and O–H groups in total. The fourth-order valence-electron chi connectivity index (χ4n) is 4.22. The summed E-state index contributed by atoms with van der Waals surface area (Å²) >= 11 is 0. The standard InChI is InChI=1S/C22H24F6N8O3/c1-11(32-15-8-31-34-18(37)17(15)22(26,27)28)9-38-10-16-33-35-19(39-16)13-3-4-36(12(2)5-13)20-29-6-14(7-30-20)21(23,24)25/h6-8,11-13H,3-5,9-10H2,1-2H3,(H2,32,34,37). The van der Waals surface area contributed by atoms with Gasteiger partial charge in [0.25, 0.3) is 5.56 Å². The van der Waals surface area contributed by atoms with Crippen molar-refractivity contribution < 1.29 is 35.5 Å². The van der Waals surface area contributed by atoms with Crippen LogP contribution >= 0.6 is 0 Å². The van der Waals surface area contributed by atoms with Crippen LogP contribution in [0.25, 0.3) is 0 Å². The third-order valence-electron chi connectivity index (χ3n) is 6.07. The average Bonchev–Trinajstić information content (AvgIpc) is 3.32. The lowest BCUT2D eigenvalue weighted by atomic mass is 9.92. The first-order chi connectivity index (χ1) is 18.3. The van der Waals surface area contributed by atoms with E-state index < -0.39 is 40.8 Å². The fourth-order valence-corrected chi connectivity index (χ4v) is 4.22. The van der Waals surface area contributed by atoms with Gasteiger partial charge in [0.05, 0.1) is 24.1 Å². The number of halogens is 6. The number of anilines is 2. The zero-order valence-electron chi connectivity index (χ0n) is 20.7. The van der Waals surface area contributed by atoms with Gasteiger partial charge in [0.2, 0.25) is 17.7 Å². The Balaban J connectivity index is 1.28. The zero-order valence-corrected chi connectivity index (χ0v) is 20.7. The van der Waals surface area contributed by atoms with Crippen molar-refractivity contribution in [1.82, 2.24) is 30.4 Å². The molecule has 212 valence electrons. The second kappa shape index (κ2) is 11.2. The number of alkyl halides is 6. The van der Waals surface area contributed by atoms with Crippen LogP contribution in [0.3, 0.4) is 0 Å². The van der Waals surface area contributed by atoms with Crippen molar-refractivity contribution in [3.8, 4) is 0 Å². The predicted octanol–water partition coefficient (Wildman–Crippen LogP) is 3.77. The molecule has 0 aromatic carbocycles. The SMILES string of the molecule is CC(COCc1nnc(C2CCN(c3ncc(C(F)(F)F)cn3)C(C)C2)o1)Nc1cn[nH]c(=O)c1C(F)(F)F. The zero-order chi connectivity index (χ0) is 28.4. The van der Waals surface area contributed by atoms with Gasteiger partial charge < -0.3 is 19.4 Å². The Kier molecular flexibility index (Phi) is 8.08. The van der Waals surface area contributed by atoms with Gasteiger partial charge in [0, 0.05) is 36.9 Å². The van der Waals surface area contributed by atoms with Crippen LogP contribution in [-0.4, -0.2) is 55.6 Å². The molecule has 0 spiro atoms. The highest BCUT2D eigenvalue weighted by molar-refractivity contribution is 5.50. The molecule has 39 heavy (non-hydrogen) atoms. The van der Waals surface area contributed by atoms with E-state index in [1.165, 1.54) is 0 Å². The number of rotatable bonds is 8. The number of hydrogen-bond acceptors (Lipinski definition) is 10. The van der Waals surface area contributed by atoms with Crippen LogP contribution in [0.4, 0.5) is 38.0 Å². The topological polar surface area (TPSA) is 135 Å². The van der Waals surface area contributed by atoms with Crippen molar-refractivity contribution in [2.75, 3.05) is 23.4 Å². The van der Waals surface area contributed by atoms with Gasteiger partial charge in [-0.1, -0.05) is 0 Å². The minimum atomic E-state index is -4.86. The summed E-state index contributed by atoms with van der Waals surface area (Å²) in [6.45, 7) is 3.79. The Bertz CT molecular complexity index is 1310. The molecular weight excluding hydrogens is 538 g/mol. The van der Waals surface area contributed by atoms with Crippen LogP contribution in [0.15, 0.2) is 27.8 Å². The monoisotopic (exact) mass is 562 g/mol. The van der Waals surface area contributed by atoms with Gasteiger partial charge in [0.15, 0.2) is 0 Å². The van der Waals surface area contributed by atoms with E-state index in [2.05, 4.69) is 30.6 Å². The molecule has 0 amide bonds. The van der Waals surface area contributed by atoms with Gasteiger partial charge >= 0.3 is 12.4 Å². The van der Waals surface area contributed by atoms with Gasteiger partial charge in [-0.15, -0.1) is 10.2 Å². The predicted molar refractivity (Wildman–Crippen MR) is 123 cm³/mol. The number of hydrogen-bond donors (Lipinski definition) is 2. The van der Waals surface area contributed by atoms with Crippen LogP contribution in [0.5, 0.6) is 0 Å². The number of ether oxygens (including phenoxy) is 1. The van der Waals surface area contributed by atoms with Crippen LogP contribution < -0.4 is 15.8 Å². The molecule has 4 rings (SSSR count). The quantitative estimate of drug-likeness (QED) is 0.391. The van der Waals surface area contributed by atoms with E-state index in [0.717, 1.165) is 18.6 Å². The maximum Gasteiger partial charge on any atom is 0.423 e. The highest BCUT2D eigenvalue weighted by Crippen LogP contribution is 2.34. The Morgan fingerprint density at radius 1 is 1.15 bits per heavy atom. The molecule has 0 bridgehead atoms. The normalized spacial score (nSPS) is 19.2. The maximum absolute atomic E-state index is 13.2. The van der Waals surface area contributed by atoms with Gasteiger partial charge in [-0.2, -0.15) is 31.4 Å². The molecule has 0 aliphatic carbocycles. The number of aromatic amines is 1. The molecule has 0 radical (unpaired) electrons. The molecule has 3 unspecified atom stereocenters. The van der Waals surface area contributed by atoms with E-state index in [1.54, 1.807) is 12.0 Å². The number of nitrogens with one attached hydrogen (secondary N) is 2. The Labute approximate surface area is 217 Å². The highest BCUT2D eigenvalue weighted by Gasteiger charge is 2.38. The molecule has 11 nitrogen and oxygen atoms in total. The van der Waals surface area contributed by atoms with Crippen LogP contribution in [-0.2, 0) is 23.7 Å². The molecule has 1 fully saturated rings. The number of piperidine rings is 1. The number of H-pyrrole nitrogens is 1. The van der Waals surface area contributed by atoms with Crippen LogP contribution in [0.2, 0.25) is 0 Å². The molecule has 3 aromatic rings. The summed E-state index contributed by atoms with van der Waals surface area (Å²) in [6.07, 6.45) is -5.84. The third kappa shape index (κ3) is 6.82. The van der Waals surface area contributed by atoms with Crippen LogP contribution in [0.1, 0.15) is 55.5 Å². The van der Waals surface area contributed by atoms with E-state index in [-0.39, 0.29) is 37.0 Å². The molecule has 0 saturated carbocycles. The minimum absolute atomic E-state index is 0.0373. The molecule has 1 saturated heterocycles. The molecule has 3 aromatic heterocycles. The van der Waals surface area contributed by atoms with E-state index in [4.69, 9.17) is 9.15 Å². The van der Waals surface area contributed by atoms with E-state index in [9.17, 15) is 31.1 Å². The highest BCUT2D eigenvalue weighted by atomic mass is 19.4. The Hall–Kier alpha value is -3.76. The Morgan fingerprint density at radius 2 is 1.87 bits per heavy atom. The molecular formula is C22H24F6N8O3. The van der Waals surface area contributed by atoms with E-state index in [1.807, 2.05) is 11.8 Å². The van der Waals surface area contributed by atoms with Gasteiger partial charge in [-0.05, 0) is 26.7 Å². The summed E-state index contributed by atoms with van der Waals surface area (Å²) in [5, 5.41) is 15.8. The lowest BCUT2D eigenvalue weighted by Crippen LogP contribution is -2.41. The summed E-state index contributed by atoms with van der Waals surface area (Å²) in [6, 6.07) is -0.727. The summed E-state index contributed by atoms with van der Waals surface area (Å²) in [7, 11) is 0. The van der Waals surface area contributed by atoms with Crippen molar-refractivity contribution in [3.05, 3.63) is 51.9 Å². The fraction of sp³-hybridized carbons (Fsp3) is 0.545. The summed E-state index contributed by atoms with van der Waals surface area (Å²) in [5.41, 5.74) is -4.12. The first-order valence-corrected chi connectivity index (χ1v) is 11.8.